The van der Waals surface area contributed by atoms with E-state index in [9.17, 15) is 13.8 Å². The predicted octanol–water partition coefficient (Wildman–Crippen LogP) is -0.863. The Kier molecular flexibility index (Phi) is 5.86. The Bertz CT molecular complexity index is 244. The summed E-state index contributed by atoms with van der Waals surface area (Å²) in [7, 11) is -0.962. The second-order valence-corrected chi connectivity index (χ2v) is 4.29. The first-order chi connectivity index (χ1) is 6.43. The van der Waals surface area contributed by atoms with E-state index in [1.165, 1.54) is 13.2 Å². The van der Waals surface area contributed by atoms with E-state index in [1.807, 2.05) is 0 Å². The molecule has 0 aliphatic carbocycles. The minimum atomic E-state index is -1.10. The van der Waals surface area contributed by atoms with E-state index in [4.69, 9.17) is 5.11 Å². The van der Waals surface area contributed by atoms with E-state index in [2.05, 4.69) is 10.6 Å². The van der Waals surface area contributed by atoms with Gasteiger partial charge in [0.05, 0.1) is 0 Å². The third-order valence-corrected chi connectivity index (χ3v) is 2.17. The molecule has 0 radical (unpaired) electrons. The minimum Gasteiger partial charge on any atom is -0.480 e. The lowest BCUT2D eigenvalue weighted by Gasteiger charge is -2.09. The van der Waals surface area contributed by atoms with Crippen LogP contribution in [0.1, 0.15) is 6.92 Å². The zero-order valence-corrected chi connectivity index (χ0v) is 8.89. The summed E-state index contributed by atoms with van der Waals surface area (Å²) in [5.74, 6) is -0.742. The Hall–Kier alpha value is -1.11. The fraction of sp³-hybridized carbons (Fsp3) is 0.714. The van der Waals surface area contributed by atoms with Gasteiger partial charge in [-0.25, -0.2) is 4.79 Å². The number of urea groups is 1. The van der Waals surface area contributed by atoms with Gasteiger partial charge in [-0.2, -0.15) is 0 Å². The molecule has 0 saturated carbocycles. The van der Waals surface area contributed by atoms with Crippen molar-refractivity contribution in [1.29, 1.82) is 0 Å². The average molecular weight is 222 g/mol. The molecule has 2 atom stereocenters. The van der Waals surface area contributed by atoms with Gasteiger partial charge >= 0.3 is 12.0 Å². The van der Waals surface area contributed by atoms with Crippen LogP contribution in [0.3, 0.4) is 0 Å². The molecule has 14 heavy (non-hydrogen) atoms. The van der Waals surface area contributed by atoms with E-state index < -0.39 is 28.8 Å². The van der Waals surface area contributed by atoms with E-state index >= 15 is 0 Å². The number of nitrogens with one attached hydrogen (secondary N) is 2. The summed E-state index contributed by atoms with van der Waals surface area (Å²) in [5, 5.41) is 13.1. The van der Waals surface area contributed by atoms with Crippen LogP contribution in [0.15, 0.2) is 0 Å². The smallest absolute Gasteiger partial charge is 0.325 e. The zero-order chi connectivity index (χ0) is 11.1. The fourth-order valence-corrected chi connectivity index (χ4v) is 1.01. The monoisotopic (exact) mass is 222 g/mol. The second kappa shape index (κ2) is 6.36. The summed E-state index contributed by atoms with van der Waals surface area (Å²) in [6, 6.07) is -1.49. The Morgan fingerprint density at radius 1 is 1.50 bits per heavy atom. The molecule has 0 heterocycles. The van der Waals surface area contributed by atoms with E-state index in [0.29, 0.717) is 5.75 Å². The normalized spacial score (nSPS) is 14.1. The summed E-state index contributed by atoms with van der Waals surface area (Å²) in [5.41, 5.74) is 0. The van der Waals surface area contributed by atoms with Crippen LogP contribution >= 0.6 is 0 Å². The molecule has 7 heteroatoms. The predicted molar refractivity (Wildman–Crippen MR) is 52.6 cm³/mol. The van der Waals surface area contributed by atoms with Crippen molar-refractivity contribution < 1.29 is 18.9 Å². The summed E-state index contributed by atoms with van der Waals surface area (Å²) < 4.78 is 10.6. The number of carbonyl (C=O) groups excluding carboxylic acids is 1. The first-order valence-electron chi connectivity index (χ1n) is 4.00. The standard InChI is InChI=1S/C7H14N2O4S/c1-5(6(10)11)9-7(12)8-3-4-14(2)13/h5H,3-4H2,1-2H3,(H,10,11)(H2,8,9,12)/t5-,14?/m0/s1. The third kappa shape index (κ3) is 6.41. The fourth-order valence-electron chi connectivity index (χ4n) is 0.618. The molecule has 2 amide bonds. The van der Waals surface area contributed by atoms with Crippen LogP contribution in [0.5, 0.6) is 0 Å². The van der Waals surface area contributed by atoms with Crippen molar-refractivity contribution in [1.82, 2.24) is 10.6 Å². The average Bonchev–Trinajstić information content (AvgIpc) is 2.02. The van der Waals surface area contributed by atoms with Crippen LogP contribution in [-0.4, -0.2) is 45.9 Å². The van der Waals surface area contributed by atoms with Crippen molar-refractivity contribution in [3.05, 3.63) is 0 Å². The highest BCUT2D eigenvalue weighted by Crippen LogP contribution is 1.80. The third-order valence-electron chi connectivity index (χ3n) is 1.39. The number of hydrogen-bond donors (Lipinski definition) is 3. The van der Waals surface area contributed by atoms with Crippen LogP contribution < -0.4 is 10.6 Å². The highest BCUT2D eigenvalue weighted by atomic mass is 32.2. The number of carbonyl (C=O) groups is 2. The number of carboxylic acids is 1. The van der Waals surface area contributed by atoms with E-state index in [1.54, 1.807) is 0 Å². The number of amides is 2. The first-order valence-corrected chi connectivity index (χ1v) is 5.73. The second-order valence-electron chi connectivity index (χ2n) is 2.74. The lowest BCUT2D eigenvalue weighted by atomic mass is 10.3. The lowest BCUT2D eigenvalue weighted by Crippen LogP contribution is -2.45. The molecular formula is C7H14N2O4S. The van der Waals surface area contributed by atoms with Gasteiger partial charge in [0, 0.05) is 29.4 Å². The molecule has 0 spiro atoms. The molecule has 82 valence electrons. The van der Waals surface area contributed by atoms with Gasteiger partial charge in [-0.1, -0.05) is 0 Å². The number of rotatable bonds is 5. The van der Waals surface area contributed by atoms with Crippen LogP contribution in [0.2, 0.25) is 0 Å². The van der Waals surface area contributed by atoms with E-state index in [0.717, 1.165) is 0 Å². The van der Waals surface area contributed by atoms with Gasteiger partial charge in [-0.3, -0.25) is 9.00 Å². The molecule has 3 N–H and O–H groups in total. The molecule has 0 fully saturated rings. The summed E-state index contributed by atoms with van der Waals surface area (Å²) in [6.45, 7) is 1.63. The van der Waals surface area contributed by atoms with Crippen molar-refractivity contribution in [2.45, 2.75) is 13.0 Å². The molecule has 0 saturated heterocycles. The molecule has 0 aliphatic rings. The molecule has 0 aliphatic heterocycles. The maximum absolute atomic E-state index is 11.0. The summed E-state index contributed by atoms with van der Waals surface area (Å²) >= 11 is 0. The molecule has 6 nitrogen and oxygen atoms in total. The van der Waals surface area contributed by atoms with Crippen LogP contribution in [-0.2, 0) is 15.6 Å². The molecule has 0 aromatic heterocycles. The highest BCUT2D eigenvalue weighted by molar-refractivity contribution is 7.84. The van der Waals surface area contributed by atoms with Crippen LogP contribution in [0.4, 0.5) is 4.79 Å². The van der Waals surface area contributed by atoms with Crippen molar-refractivity contribution in [3.63, 3.8) is 0 Å². The molecule has 1 unspecified atom stereocenters. The summed E-state index contributed by atoms with van der Waals surface area (Å²) in [4.78, 5) is 21.3. The SMILES string of the molecule is C[C@H](NC(=O)NCCS(C)=O)C(=O)O. The van der Waals surface area contributed by atoms with Gasteiger partial charge in [0.1, 0.15) is 6.04 Å². The van der Waals surface area contributed by atoms with Gasteiger partial charge in [0.25, 0.3) is 0 Å². The Balaban J connectivity index is 3.65. The van der Waals surface area contributed by atoms with Gasteiger partial charge in [-0.15, -0.1) is 0 Å². The van der Waals surface area contributed by atoms with Gasteiger partial charge < -0.3 is 15.7 Å². The van der Waals surface area contributed by atoms with Crippen molar-refractivity contribution in [2.75, 3.05) is 18.6 Å². The van der Waals surface area contributed by atoms with Gasteiger partial charge in [0.15, 0.2) is 0 Å². The zero-order valence-electron chi connectivity index (χ0n) is 8.07. The Morgan fingerprint density at radius 3 is 2.50 bits per heavy atom. The number of carboxylic acid groups (broad SMARTS) is 1. The largest absolute Gasteiger partial charge is 0.480 e. The lowest BCUT2D eigenvalue weighted by molar-refractivity contribution is -0.138. The highest BCUT2D eigenvalue weighted by Gasteiger charge is 2.12. The van der Waals surface area contributed by atoms with Gasteiger partial charge in [0.2, 0.25) is 0 Å². The maximum atomic E-state index is 11.0. The summed E-state index contributed by atoms with van der Waals surface area (Å²) in [6.07, 6.45) is 1.53. The number of hydrogen-bond acceptors (Lipinski definition) is 3. The van der Waals surface area contributed by atoms with Crippen molar-refractivity contribution in [2.24, 2.45) is 0 Å². The molecule has 0 rings (SSSR count). The maximum Gasteiger partial charge on any atom is 0.325 e. The molecule has 0 aromatic rings. The van der Waals surface area contributed by atoms with Crippen LogP contribution in [0.25, 0.3) is 0 Å². The quantitative estimate of drug-likeness (QED) is 0.564. The molecule has 0 aromatic carbocycles. The Morgan fingerprint density at radius 2 is 2.07 bits per heavy atom. The van der Waals surface area contributed by atoms with Crippen LogP contribution in [0, 0.1) is 0 Å². The topological polar surface area (TPSA) is 95.5 Å². The molecule has 0 bridgehead atoms. The van der Waals surface area contributed by atoms with Crippen molar-refractivity contribution in [3.8, 4) is 0 Å². The van der Waals surface area contributed by atoms with E-state index in [-0.39, 0.29) is 6.54 Å². The van der Waals surface area contributed by atoms with Crippen molar-refractivity contribution >= 4 is 22.8 Å². The Labute approximate surface area is 84.5 Å². The molecular weight excluding hydrogens is 208 g/mol. The number of aliphatic carboxylic acids is 1. The minimum absolute atomic E-state index is 0.265. The van der Waals surface area contributed by atoms with Gasteiger partial charge in [-0.05, 0) is 6.92 Å². The first kappa shape index (κ1) is 12.9.